The molecule has 0 bridgehead atoms. The smallest absolute Gasteiger partial charge is 0.414 e. The molecular weight excluding hydrogens is 640 g/mol. The van der Waals surface area contributed by atoms with Gasteiger partial charge in [0.2, 0.25) is 17.5 Å². The molecule has 16 heteroatoms. The first-order chi connectivity index (χ1) is 23.0. The predicted octanol–water partition coefficient (Wildman–Crippen LogP) is 5.25. The fourth-order valence-corrected chi connectivity index (χ4v) is 5.11. The first kappa shape index (κ1) is 33.5. The number of carbonyl (C=O) groups excluding carboxylic acids is 1. The van der Waals surface area contributed by atoms with E-state index >= 15 is 0 Å². The first-order valence-corrected chi connectivity index (χ1v) is 16.0. The summed E-state index contributed by atoms with van der Waals surface area (Å²) in [5.41, 5.74) is 0.768. The highest BCUT2D eigenvalue weighted by molar-refractivity contribution is 7.92. The van der Waals surface area contributed by atoms with Crippen LogP contribution in [0.4, 0.5) is 16.6 Å². The summed E-state index contributed by atoms with van der Waals surface area (Å²) >= 11 is 0. The third kappa shape index (κ3) is 8.47. The van der Waals surface area contributed by atoms with E-state index in [1.54, 1.807) is 48.5 Å². The quantitative estimate of drug-likeness (QED) is 0.164. The van der Waals surface area contributed by atoms with Crippen LogP contribution in [0.1, 0.15) is 26.3 Å². The van der Waals surface area contributed by atoms with Gasteiger partial charge in [0.1, 0.15) is 13.2 Å². The van der Waals surface area contributed by atoms with Crippen LogP contribution in [0.2, 0.25) is 0 Å². The molecule has 5 aromatic rings. The zero-order valence-electron chi connectivity index (χ0n) is 26.4. The van der Waals surface area contributed by atoms with Gasteiger partial charge in [0, 0.05) is 24.8 Å². The summed E-state index contributed by atoms with van der Waals surface area (Å²) in [6, 6.07) is 16.4. The number of benzene rings is 2. The number of hydrogen-bond donors (Lipinski definition) is 2. The molecule has 0 aliphatic heterocycles. The number of sulfonamides is 1. The largest absolute Gasteiger partial charge is 0.493 e. The number of para-hydroxylation sites is 2. The van der Waals surface area contributed by atoms with Crippen molar-refractivity contribution in [2.45, 2.75) is 31.1 Å². The molecule has 2 aromatic carbocycles. The number of hydrogen-bond acceptors (Lipinski definition) is 13. The van der Waals surface area contributed by atoms with Crippen LogP contribution in [0.15, 0.2) is 90.3 Å². The van der Waals surface area contributed by atoms with Gasteiger partial charge in [-0.3, -0.25) is 10.0 Å². The third-order valence-corrected chi connectivity index (χ3v) is 7.83. The molecule has 0 aliphatic carbocycles. The molecule has 0 fully saturated rings. The summed E-state index contributed by atoms with van der Waals surface area (Å²) in [5.74, 6) is -0.0411. The highest BCUT2D eigenvalue weighted by Gasteiger charge is 2.26. The second-order valence-electron chi connectivity index (χ2n) is 10.9. The molecule has 5 rings (SSSR count). The van der Waals surface area contributed by atoms with Crippen LogP contribution < -0.4 is 24.2 Å². The highest BCUT2D eigenvalue weighted by atomic mass is 32.2. The topological polar surface area (TPSA) is 190 Å². The van der Waals surface area contributed by atoms with E-state index in [9.17, 15) is 13.2 Å². The maximum absolute atomic E-state index is 13.7. The molecule has 1 amide bonds. The lowest BCUT2D eigenvalue weighted by atomic mass is 9.87. The fraction of sp³-hybridized carbons (Fsp3) is 0.219. The lowest BCUT2D eigenvalue weighted by Gasteiger charge is -2.20. The van der Waals surface area contributed by atoms with Crippen LogP contribution in [-0.2, 0) is 20.2 Å². The van der Waals surface area contributed by atoms with E-state index in [-0.39, 0.29) is 64.3 Å². The average molecular weight is 673 g/mol. The van der Waals surface area contributed by atoms with Crippen molar-refractivity contribution in [2.24, 2.45) is 0 Å². The Hall–Kier alpha value is -5.90. The lowest BCUT2D eigenvalue weighted by Crippen LogP contribution is -2.20. The Labute approximate surface area is 276 Å². The summed E-state index contributed by atoms with van der Waals surface area (Å²) in [7, 11) is -2.77. The van der Waals surface area contributed by atoms with Crippen LogP contribution in [-0.4, -0.2) is 64.7 Å². The number of aromatic nitrogens is 6. The maximum atomic E-state index is 13.7. The minimum Gasteiger partial charge on any atom is -0.493 e. The first-order valence-electron chi connectivity index (χ1n) is 14.5. The molecule has 2 N–H and O–H groups in total. The van der Waals surface area contributed by atoms with Crippen molar-refractivity contribution in [3.8, 4) is 34.8 Å². The van der Waals surface area contributed by atoms with E-state index in [0.717, 1.165) is 5.56 Å². The van der Waals surface area contributed by atoms with Crippen molar-refractivity contribution in [1.29, 1.82) is 0 Å². The third-order valence-electron chi connectivity index (χ3n) is 6.48. The Balaban J connectivity index is 1.51. The summed E-state index contributed by atoms with van der Waals surface area (Å²) in [6.45, 7) is 5.62. The van der Waals surface area contributed by atoms with Gasteiger partial charge in [0.15, 0.2) is 23.1 Å². The summed E-state index contributed by atoms with van der Waals surface area (Å²) < 4.78 is 52.7. The van der Waals surface area contributed by atoms with Gasteiger partial charge in [-0.2, -0.15) is 4.98 Å². The molecule has 0 spiro atoms. The zero-order chi connectivity index (χ0) is 34.1. The van der Waals surface area contributed by atoms with Crippen LogP contribution in [0, 0.1) is 0 Å². The molecule has 0 aliphatic rings. The Morgan fingerprint density at radius 3 is 2.08 bits per heavy atom. The van der Waals surface area contributed by atoms with Gasteiger partial charge in [0.25, 0.3) is 15.9 Å². The Morgan fingerprint density at radius 1 is 0.792 bits per heavy atom. The number of ether oxygens (including phenoxy) is 4. The number of amides is 1. The minimum atomic E-state index is -4.23. The van der Waals surface area contributed by atoms with E-state index in [1.165, 1.54) is 44.0 Å². The van der Waals surface area contributed by atoms with Gasteiger partial charge in [-0.05, 0) is 47.4 Å². The fourth-order valence-electron chi connectivity index (χ4n) is 4.10. The monoisotopic (exact) mass is 672 g/mol. The number of nitrogens with zero attached hydrogens (tertiary/aromatic N) is 6. The zero-order valence-corrected chi connectivity index (χ0v) is 27.3. The van der Waals surface area contributed by atoms with E-state index in [4.69, 9.17) is 18.9 Å². The summed E-state index contributed by atoms with van der Waals surface area (Å²) in [4.78, 5) is 37.3. The Kier molecular flexibility index (Phi) is 10.2. The van der Waals surface area contributed by atoms with Crippen LogP contribution in [0.25, 0.3) is 11.6 Å². The normalized spacial score (nSPS) is 11.3. The number of nitrogens with one attached hydrogen (secondary N) is 2. The molecule has 3 heterocycles. The van der Waals surface area contributed by atoms with E-state index in [0.29, 0.717) is 5.75 Å². The maximum Gasteiger partial charge on any atom is 0.414 e. The molecule has 3 aromatic heterocycles. The van der Waals surface area contributed by atoms with Gasteiger partial charge in [-0.1, -0.05) is 45.0 Å². The van der Waals surface area contributed by atoms with Crippen LogP contribution in [0.5, 0.6) is 23.1 Å². The Bertz CT molecular complexity index is 1960. The van der Waals surface area contributed by atoms with Gasteiger partial charge >= 0.3 is 6.09 Å². The van der Waals surface area contributed by atoms with Gasteiger partial charge in [0.05, 0.1) is 12.0 Å². The minimum absolute atomic E-state index is 0.0147. The van der Waals surface area contributed by atoms with Crippen molar-refractivity contribution < 1.29 is 32.2 Å². The van der Waals surface area contributed by atoms with Crippen molar-refractivity contribution in [3.63, 3.8) is 0 Å². The molecule has 0 atom stereocenters. The molecule has 0 unspecified atom stereocenters. The van der Waals surface area contributed by atoms with Crippen molar-refractivity contribution in [2.75, 3.05) is 30.4 Å². The summed E-state index contributed by atoms with van der Waals surface area (Å²) in [5, 5.41) is 2.39. The highest BCUT2D eigenvalue weighted by Crippen LogP contribution is 2.41. The SMILES string of the molecule is COc1ccccc1Oc1c(NS(=O)(=O)c2ccc(C(C)(C)C)cc2)nc(-c2ncccn2)nc1OCCOC(=O)Nc1ncccn1. The van der Waals surface area contributed by atoms with Gasteiger partial charge in [-0.15, -0.1) is 0 Å². The van der Waals surface area contributed by atoms with Crippen LogP contribution >= 0.6 is 0 Å². The molecule has 0 saturated heterocycles. The van der Waals surface area contributed by atoms with E-state index < -0.39 is 16.1 Å². The van der Waals surface area contributed by atoms with Gasteiger partial charge in [-0.25, -0.2) is 38.1 Å². The average Bonchev–Trinajstić information content (AvgIpc) is 3.08. The lowest BCUT2D eigenvalue weighted by molar-refractivity contribution is 0.135. The second-order valence-corrected chi connectivity index (χ2v) is 12.6. The summed E-state index contributed by atoms with van der Waals surface area (Å²) in [6.07, 6.45) is 5.07. The van der Waals surface area contributed by atoms with E-state index in [2.05, 4.69) is 39.9 Å². The van der Waals surface area contributed by atoms with Crippen molar-refractivity contribution in [3.05, 3.63) is 91.0 Å². The van der Waals surface area contributed by atoms with Gasteiger partial charge < -0.3 is 18.9 Å². The van der Waals surface area contributed by atoms with E-state index in [1.807, 2.05) is 20.8 Å². The number of rotatable bonds is 12. The second kappa shape index (κ2) is 14.7. The predicted molar refractivity (Wildman–Crippen MR) is 175 cm³/mol. The molecule has 248 valence electrons. The molecular formula is C32H32N8O7S. The number of carbonyl (C=O) groups is 1. The standard InChI is InChI=1S/C32H32N8O7S/c1-32(2,3)21-11-13-22(14-12-21)48(42,43)40-26-25(47-24-10-6-5-9-23(24)44-4)29(38-28(37-26)27-33-15-7-16-34-27)45-19-20-46-31(41)39-30-35-17-8-18-36-30/h5-18H,19-20H2,1-4H3,(H,37,38,40)(H,35,36,39,41). The number of methoxy groups -OCH3 is 1. The van der Waals surface area contributed by atoms with Crippen molar-refractivity contribution in [1.82, 2.24) is 29.9 Å². The molecule has 0 radical (unpaired) electrons. The number of anilines is 2. The Morgan fingerprint density at radius 2 is 1.44 bits per heavy atom. The molecule has 48 heavy (non-hydrogen) atoms. The molecule has 0 saturated carbocycles. The van der Waals surface area contributed by atoms with Crippen molar-refractivity contribution >= 4 is 27.9 Å². The van der Waals surface area contributed by atoms with Crippen LogP contribution in [0.3, 0.4) is 0 Å². The molecule has 15 nitrogen and oxygen atoms in total.